The normalized spacial score (nSPS) is 16.7. The number of carbonyl (C=O) groups is 2. The zero-order valence-electron chi connectivity index (χ0n) is 14.4. The maximum Gasteiger partial charge on any atom is 0.338 e. The first-order valence-corrected chi connectivity index (χ1v) is 8.33. The maximum atomic E-state index is 12.6. The number of allylic oxidation sites excluding steroid dienone is 1. The van der Waals surface area contributed by atoms with Crippen LogP contribution in [0.3, 0.4) is 0 Å². The molecule has 0 radical (unpaired) electrons. The van der Waals surface area contributed by atoms with Crippen LogP contribution < -0.4 is 10.6 Å². The van der Waals surface area contributed by atoms with Crippen molar-refractivity contribution in [2.75, 3.05) is 6.61 Å². The average molecular weight is 352 g/mol. The van der Waals surface area contributed by atoms with Gasteiger partial charge in [0.05, 0.1) is 18.2 Å². The fourth-order valence-corrected chi connectivity index (χ4v) is 2.87. The highest BCUT2D eigenvalue weighted by Crippen LogP contribution is 2.28. The number of aromatic hydroxyl groups is 1. The van der Waals surface area contributed by atoms with Gasteiger partial charge in [-0.25, -0.2) is 9.59 Å². The van der Waals surface area contributed by atoms with Gasteiger partial charge in [0.25, 0.3) is 0 Å². The summed E-state index contributed by atoms with van der Waals surface area (Å²) in [6.45, 7) is 1.91. The topological polar surface area (TPSA) is 87.7 Å². The molecule has 0 aliphatic carbocycles. The molecule has 134 valence electrons. The summed E-state index contributed by atoms with van der Waals surface area (Å²) in [7, 11) is 0. The number of nitrogens with one attached hydrogen (secondary N) is 2. The first-order chi connectivity index (χ1) is 12.5. The van der Waals surface area contributed by atoms with E-state index in [0.717, 1.165) is 5.56 Å². The summed E-state index contributed by atoms with van der Waals surface area (Å²) in [6.07, 6.45) is 0.614. The molecule has 3 N–H and O–H groups in total. The lowest BCUT2D eigenvalue weighted by Crippen LogP contribution is -2.45. The van der Waals surface area contributed by atoms with Gasteiger partial charge < -0.3 is 20.5 Å². The highest BCUT2D eigenvalue weighted by atomic mass is 16.5. The zero-order valence-corrected chi connectivity index (χ0v) is 14.4. The molecule has 2 aromatic carbocycles. The molecular formula is C20H20N2O4. The molecule has 1 aliphatic heterocycles. The summed E-state index contributed by atoms with van der Waals surface area (Å²) >= 11 is 0. The second-order valence-electron chi connectivity index (χ2n) is 6.03. The smallest absolute Gasteiger partial charge is 0.338 e. The van der Waals surface area contributed by atoms with Gasteiger partial charge in [0, 0.05) is 12.1 Å². The summed E-state index contributed by atoms with van der Waals surface area (Å²) in [5.41, 5.74) is 2.57. The molecule has 6 heteroatoms. The van der Waals surface area contributed by atoms with Gasteiger partial charge in [-0.2, -0.15) is 0 Å². The highest BCUT2D eigenvalue weighted by molar-refractivity contribution is 5.95. The fourth-order valence-electron chi connectivity index (χ4n) is 2.87. The van der Waals surface area contributed by atoms with E-state index in [2.05, 4.69) is 10.6 Å². The Balaban J connectivity index is 1.75. The molecule has 3 rings (SSSR count). The Morgan fingerprint density at radius 1 is 1.12 bits per heavy atom. The number of esters is 1. The predicted molar refractivity (Wildman–Crippen MR) is 96.3 cm³/mol. The third-order valence-electron chi connectivity index (χ3n) is 4.18. The number of benzene rings is 2. The maximum absolute atomic E-state index is 12.6. The van der Waals surface area contributed by atoms with Crippen LogP contribution in [-0.2, 0) is 16.0 Å². The van der Waals surface area contributed by atoms with Crippen molar-refractivity contribution in [1.29, 1.82) is 0 Å². The average Bonchev–Trinajstić information content (AvgIpc) is 2.62. The van der Waals surface area contributed by atoms with Gasteiger partial charge >= 0.3 is 12.0 Å². The van der Waals surface area contributed by atoms with Crippen molar-refractivity contribution >= 4 is 12.0 Å². The minimum Gasteiger partial charge on any atom is -0.508 e. The predicted octanol–water partition coefficient (Wildman–Crippen LogP) is 2.81. The van der Waals surface area contributed by atoms with Crippen LogP contribution >= 0.6 is 0 Å². The van der Waals surface area contributed by atoms with E-state index in [9.17, 15) is 14.7 Å². The monoisotopic (exact) mass is 352 g/mol. The summed E-state index contributed by atoms with van der Waals surface area (Å²) in [5.74, 6) is -0.370. The molecule has 0 fully saturated rings. The largest absolute Gasteiger partial charge is 0.508 e. The van der Waals surface area contributed by atoms with Crippen molar-refractivity contribution in [2.24, 2.45) is 0 Å². The molecule has 2 amide bonds. The van der Waals surface area contributed by atoms with Crippen LogP contribution in [0, 0.1) is 0 Å². The van der Waals surface area contributed by atoms with E-state index in [4.69, 9.17) is 4.74 Å². The lowest BCUT2D eigenvalue weighted by atomic mass is 9.95. The van der Waals surface area contributed by atoms with Crippen LogP contribution in [0.1, 0.15) is 24.1 Å². The lowest BCUT2D eigenvalue weighted by molar-refractivity contribution is -0.139. The van der Waals surface area contributed by atoms with E-state index in [1.54, 1.807) is 19.1 Å². The van der Waals surface area contributed by atoms with Crippen LogP contribution in [0.15, 0.2) is 65.9 Å². The van der Waals surface area contributed by atoms with Gasteiger partial charge in [-0.15, -0.1) is 0 Å². The number of hydrogen-bond donors (Lipinski definition) is 3. The molecule has 0 unspecified atom stereocenters. The summed E-state index contributed by atoms with van der Waals surface area (Å²) in [5, 5.41) is 14.8. The number of ether oxygens (including phenoxy) is 1. The molecule has 0 bridgehead atoms. The molecule has 0 saturated carbocycles. The standard InChI is InChI=1S/C20H20N2O4/c1-13-17(19(24)26-12-11-14-5-3-2-4-6-14)18(22-20(25)21-13)15-7-9-16(23)10-8-15/h2-10,18,23H,11-12H2,1H3,(H2,21,22,25)/t18-/m1/s1. The van der Waals surface area contributed by atoms with Gasteiger partial charge in [0.2, 0.25) is 0 Å². The van der Waals surface area contributed by atoms with Crippen molar-refractivity contribution in [1.82, 2.24) is 10.6 Å². The minimum absolute atomic E-state index is 0.113. The third kappa shape index (κ3) is 4.03. The molecule has 1 aliphatic rings. The van der Waals surface area contributed by atoms with Gasteiger partial charge in [0.1, 0.15) is 5.75 Å². The van der Waals surface area contributed by atoms with E-state index in [-0.39, 0.29) is 18.4 Å². The number of amides is 2. The van der Waals surface area contributed by atoms with Crippen molar-refractivity contribution in [3.05, 3.63) is 77.0 Å². The number of carbonyl (C=O) groups excluding carboxylic acids is 2. The highest BCUT2D eigenvalue weighted by Gasteiger charge is 2.32. The van der Waals surface area contributed by atoms with Gasteiger partial charge in [-0.3, -0.25) is 0 Å². The Morgan fingerprint density at radius 3 is 2.50 bits per heavy atom. The van der Waals surface area contributed by atoms with E-state index < -0.39 is 12.0 Å². The van der Waals surface area contributed by atoms with Crippen molar-refractivity contribution < 1.29 is 19.4 Å². The van der Waals surface area contributed by atoms with E-state index in [1.807, 2.05) is 30.3 Å². The molecule has 2 aromatic rings. The van der Waals surface area contributed by atoms with Crippen LogP contribution in [0.4, 0.5) is 4.79 Å². The molecule has 0 saturated heterocycles. The van der Waals surface area contributed by atoms with Crippen LogP contribution in [0.5, 0.6) is 5.75 Å². The van der Waals surface area contributed by atoms with E-state index >= 15 is 0 Å². The first kappa shape index (κ1) is 17.5. The van der Waals surface area contributed by atoms with Crippen LogP contribution in [-0.4, -0.2) is 23.7 Å². The molecule has 1 atom stereocenters. The number of rotatable bonds is 5. The number of hydrogen-bond acceptors (Lipinski definition) is 4. The van der Waals surface area contributed by atoms with Crippen LogP contribution in [0.2, 0.25) is 0 Å². The molecular weight excluding hydrogens is 332 g/mol. The second-order valence-corrected chi connectivity index (χ2v) is 6.03. The summed E-state index contributed by atoms with van der Waals surface area (Å²) in [6, 6.07) is 15.1. The summed E-state index contributed by atoms with van der Waals surface area (Å²) < 4.78 is 5.43. The fraction of sp³-hybridized carbons (Fsp3) is 0.200. The number of phenolic OH excluding ortho intramolecular Hbond substituents is 1. The molecule has 26 heavy (non-hydrogen) atoms. The number of urea groups is 1. The zero-order chi connectivity index (χ0) is 18.5. The Morgan fingerprint density at radius 2 is 1.81 bits per heavy atom. The van der Waals surface area contributed by atoms with E-state index in [0.29, 0.717) is 23.3 Å². The Labute approximate surface area is 151 Å². The van der Waals surface area contributed by atoms with E-state index in [1.165, 1.54) is 12.1 Å². The van der Waals surface area contributed by atoms with Crippen LogP contribution in [0.25, 0.3) is 0 Å². The van der Waals surface area contributed by atoms with Gasteiger partial charge in [-0.05, 0) is 30.2 Å². The van der Waals surface area contributed by atoms with Gasteiger partial charge in [-0.1, -0.05) is 42.5 Å². The Bertz CT molecular complexity index is 829. The lowest BCUT2D eigenvalue weighted by Gasteiger charge is -2.28. The Hall–Kier alpha value is -3.28. The quantitative estimate of drug-likeness (QED) is 0.722. The van der Waals surface area contributed by atoms with Crippen molar-refractivity contribution in [3.8, 4) is 5.75 Å². The molecule has 1 heterocycles. The minimum atomic E-state index is -0.631. The molecule has 0 spiro atoms. The third-order valence-corrected chi connectivity index (χ3v) is 4.18. The van der Waals surface area contributed by atoms with Crippen molar-refractivity contribution in [3.63, 3.8) is 0 Å². The first-order valence-electron chi connectivity index (χ1n) is 8.33. The van der Waals surface area contributed by atoms with Crippen molar-refractivity contribution in [2.45, 2.75) is 19.4 Å². The Kier molecular flexibility index (Phi) is 5.22. The summed E-state index contributed by atoms with van der Waals surface area (Å²) in [4.78, 5) is 24.5. The molecule has 6 nitrogen and oxygen atoms in total. The van der Waals surface area contributed by atoms with Gasteiger partial charge in [0.15, 0.2) is 0 Å². The SMILES string of the molecule is CC1=C(C(=O)OCCc2ccccc2)[C@@H](c2ccc(O)cc2)NC(=O)N1. The molecule has 0 aromatic heterocycles. The second kappa shape index (κ2) is 7.74. The number of phenols is 1.